The molecule has 0 fully saturated rings. The minimum Gasteiger partial charge on any atom is -0.349 e. The number of carbonyl (C=O) groups is 1. The van der Waals surface area contributed by atoms with Gasteiger partial charge < -0.3 is 5.32 Å². The van der Waals surface area contributed by atoms with Crippen molar-refractivity contribution in [3.63, 3.8) is 0 Å². The lowest BCUT2D eigenvalue weighted by atomic mass is 10.2. The Balaban J connectivity index is 2.70. The van der Waals surface area contributed by atoms with E-state index < -0.39 is 0 Å². The molecule has 1 aromatic heterocycles. The van der Waals surface area contributed by atoms with Crippen LogP contribution in [0, 0.1) is 11.3 Å². The Kier molecular flexibility index (Phi) is 4.07. The summed E-state index contributed by atoms with van der Waals surface area (Å²) in [5.74, 6) is -0.287. The highest BCUT2D eigenvalue weighted by atomic mass is 35.5. The van der Waals surface area contributed by atoms with Crippen LogP contribution in [0.3, 0.4) is 0 Å². The molecule has 0 saturated heterocycles. The monoisotopic (exact) mass is 223 g/mol. The number of carbonyl (C=O) groups excluding carboxylic acids is 1. The van der Waals surface area contributed by atoms with Crippen molar-refractivity contribution in [2.45, 2.75) is 19.4 Å². The summed E-state index contributed by atoms with van der Waals surface area (Å²) in [5.41, 5.74) is 0.372. The van der Waals surface area contributed by atoms with Gasteiger partial charge >= 0.3 is 0 Å². The van der Waals surface area contributed by atoms with Crippen molar-refractivity contribution in [1.29, 1.82) is 5.26 Å². The molecule has 1 aromatic rings. The second kappa shape index (κ2) is 5.32. The van der Waals surface area contributed by atoms with E-state index in [9.17, 15) is 4.79 Å². The molecule has 0 aliphatic carbocycles. The molecule has 1 N–H and O–H groups in total. The molecular formula is C10H10ClN3O. The first-order valence-corrected chi connectivity index (χ1v) is 4.80. The minimum absolute atomic E-state index is 0.188. The number of nitrogens with one attached hydrogen (secondary N) is 1. The first-order chi connectivity index (χ1) is 7.15. The number of hydrogen-bond donors (Lipinski definition) is 1. The first-order valence-electron chi connectivity index (χ1n) is 4.42. The number of amides is 1. The van der Waals surface area contributed by atoms with Crippen LogP contribution in [-0.4, -0.2) is 16.9 Å². The molecule has 0 aromatic carbocycles. The summed E-state index contributed by atoms with van der Waals surface area (Å²) in [5, 5.41) is 11.4. The average molecular weight is 224 g/mol. The van der Waals surface area contributed by atoms with Crippen molar-refractivity contribution < 1.29 is 4.79 Å². The summed E-state index contributed by atoms with van der Waals surface area (Å²) in [6.45, 7) is 1.76. The molecule has 1 heterocycles. The van der Waals surface area contributed by atoms with E-state index in [-0.39, 0.29) is 18.4 Å². The number of aromatic nitrogens is 1. The molecule has 15 heavy (non-hydrogen) atoms. The van der Waals surface area contributed by atoms with Crippen LogP contribution >= 0.6 is 11.6 Å². The van der Waals surface area contributed by atoms with Gasteiger partial charge in [-0.15, -0.1) is 0 Å². The molecule has 1 unspecified atom stereocenters. The van der Waals surface area contributed by atoms with E-state index in [4.69, 9.17) is 16.9 Å². The second-order valence-electron chi connectivity index (χ2n) is 3.09. The smallest absolute Gasteiger partial charge is 0.253 e. The molecule has 0 aliphatic heterocycles. The quantitative estimate of drug-likeness (QED) is 0.849. The largest absolute Gasteiger partial charge is 0.349 e. The van der Waals surface area contributed by atoms with Gasteiger partial charge in [-0.2, -0.15) is 5.26 Å². The minimum atomic E-state index is -0.287. The first kappa shape index (κ1) is 11.5. The average Bonchev–Trinajstić information content (AvgIpc) is 2.18. The van der Waals surface area contributed by atoms with E-state index >= 15 is 0 Å². The highest BCUT2D eigenvalue weighted by Crippen LogP contribution is 2.13. The highest BCUT2D eigenvalue weighted by molar-refractivity contribution is 6.33. The van der Waals surface area contributed by atoms with Gasteiger partial charge in [-0.25, -0.2) is 0 Å². The summed E-state index contributed by atoms with van der Waals surface area (Å²) >= 11 is 5.79. The number of nitrogens with zero attached hydrogens (tertiary/aromatic N) is 2. The molecule has 0 spiro atoms. The van der Waals surface area contributed by atoms with Crippen molar-refractivity contribution in [2.24, 2.45) is 0 Å². The van der Waals surface area contributed by atoms with E-state index in [0.29, 0.717) is 10.6 Å². The zero-order chi connectivity index (χ0) is 11.3. The van der Waals surface area contributed by atoms with Gasteiger partial charge in [-0.1, -0.05) is 11.6 Å². The Morgan fingerprint density at radius 2 is 2.53 bits per heavy atom. The SMILES string of the molecule is CC(CC#N)NC(=O)c1ccncc1Cl. The van der Waals surface area contributed by atoms with Crippen molar-refractivity contribution in [1.82, 2.24) is 10.3 Å². The van der Waals surface area contributed by atoms with Crippen LogP contribution in [0.25, 0.3) is 0 Å². The Morgan fingerprint density at radius 3 is 3.13 bits per heavy atom. The van der Waals surface area contributed by atoms with Crippen LogP contribution in [-0.2, 0) is 0 Å². The van der Waals surface area contributed by atoms with Gasteiger partial charge in [-0.05, 0) is 13.0 Å². The Bertz CT molecular complexity index is 400. The zero-order valence-electron chi connectivity index (χ0n) is 8.20. The lowest BCUT2D eigenvalue weighted by molar-refractivity contribution is 0.0941. The molecule has 1 rings (SSSR count). The molecule has 1 atom stereocenters. The molecule has 4 nitrogen and oxygen atoms in total. The van der Waals surface area contributed by atoms with Gasteiger partial charge in [0.2, 0.25) is 0 Å². The highest BCUT2D eigenvalue weighted by Gasteiger charge is 2.12. The van der Waals surface area contributed by atoms with Crippen LogP contribution in [0.1, 0.15) is 23.7 Å². The maximum absolute atomic E-state index is 11.6. The van der Waals surface area contributed by atoms with E-state index in [1.54, 1.807) is 6.92 Å². The van der Waals surface area contributed by atoms with Gasteiger partial charge in [0.25, 0.3) is 5.91 Å². The van der Waals surface area contributed by atoms with Crippen LogP contribution in [0.4, 0.5) is 0 Å². The third kappa shape index (κ3) is 3.22. The third-order valence-electron chi connectivity index (χ3n) is 1.79. The Labute approximate surface area is 92.9 Å². The van der Waals surface area contributed by atoms with E-state index in [1.807, 2.05) is 6.07 Å². The van der Waals surface area contributed by atoms with Crippen LogP contribution in [0.15, 0.2) is 18.5 Å². The van der Waals surface area contributed by atoms with E-state index in [1.165, 1.54) is 18.5 Å². The predicted molar refractivity (Wildman–Crippen MR) is 56.4 cm³/mol. The van der Waals surface area contributed by atoms with Crippen molar-refractivity contribution in [3.05, 3.63) is 29.0 Å². The second-order valence-corrected chi connectivity index (χ2v) is 3.50. The fraction of sp³-hybridized carbons (Fsp3) is 0.300. The zero-order valence-corrected chi connectivity index (χ0v) is 8.95. The van der Waals surface area contributed by atoms with Gasteiger partial charge in [0.15, 0.2) is 0 Å². The Morgan fingerprint density at radius 1 is 1.80 bits per heavy atom. The molecule has 1 amide bonds. The van der Waals surface area contributed by atoms with Crippen LogP contribution < -0.4 is 5.32 Å². The lowest BCUT2D eigenvalue weighted by Gasteiger charge is -2.10. The summed E-state index contributed by atoms with van der Waals surface area (Å²) in [6.07, 6.45) is 3.18. The summed E-state index contributed by atoms with van der Waals surface area (Å²) in [7, 11) is 0. The lowest BCUT2D eigenvalue weighted by Crippen LogP contribution is -2.32. The number of pyridine rings is 1. The van der Waals surface area contributed by atoms with Gasteiger partial charge in [0.05, 0.1) is 23.1 Å². The van der Waals surface area contributed by atoms with Crippen molar-refractivity contribution >= 4 is 17.5 Å². The number of nitriles is 1. The number of halogens is 1. The summed E-state index contributed by atoms with van der Waals surface area (Å²) in [6, 6.07) is 3.33. The van der Waals surface area contributed by atoms with E-state index in [2.05, 4.69) is 10.3 Å². The molecular weight excluding hydrogens is 214 g/mol. The van der Waals surface area contributed by atoms with Crippen molar-refractivity contribution in [2.75, 3.05) is 0 Å². The van der Waals surface area contributed by atoms with E-state index in [0.717, 1.165) is 0 Å². The fourth-order valence-electron chi connectivity index (χ4n) is 1.05. The topological polar surface area (TPSA) is 65.8 Å². The van der Waals surface area contributed by atoms with Crippen LogP contribution in [0.5, 0.6) is 0 Å². The third-order valence-corrected chi connectivity index (χ3v) is 2.09. The summed E-state index contributed by atoms with van der Waals surface area (Å²) < 4.78 is 0. The summed E-state index contributed by atoms with van der Waals surface area (Å²) in [4.78, 5) is 15.4. The predicted octanol–water partition coefficient (Wildman–Crippen LogP) is 1.77. The molecule has 5 heteroatoms. The van der Waals surface area contributed by atoms with Gasteiger partial charge in [0.1, 0.15) is 0 Å². The maximum Gasteiger partial charge on any atom is 0.253 e. The standard InChI is InChI=1S/C10H10ClN3O/c1-7(2-4-12)14-10(15)8-3-5-13-6-9(8)11/h3,5-7H,2H2,1H3,(H,14,15). The number of hydrogen-bond acceptors (Lipinski definition) is 3. The molecule has 0 aliphatic rings. The van der Waals surface area contributed by atoms with Gasteiger partial charge in [-0.3, -0.25) is 9.78 Å². The Hall–Kier alpha value is -1.60. The molecule has 0 bridgehead atoms. The molecule has 0 radical (unpaired) electrons. The van der Waals surface area contributed by atoms with Crippen LogP contribution in [0.2, 0.25) is 5.02 Å². The normalized spacial score (nSPS) is 11.5. The number of rotatable bonds is 3. The van der Waals surface area contributed by atoms with Gasteiger partial charge in [0, 0.05) is 18.4 Å². The molecule has 78 valence electrons. The van der Waals surface area contributed by atoms with Crippen molar-refractivity contribution in [3.8, 4) is 6.07 Å². The molecule has 0 saturated carbocycles. The maximum atomic E-state index is 11.6. The fourth-order valence-corrected chi connectivity index (χ4v) is 1.25.